The molecule has 0 radical (unpaired) electrons. The fourth-order valence-corrected chi connectivity index (χ4v) is 3.86. The molecular weight excluding hydrogens is 290 g/mol. The van der Waals surface area contributed by atoms with Gasteiger partial charge in [0.25, 0.3) is 0 Å². The molecule has 0 aliphatic carbocycles. The molecule has 0 N–H and O–H groups in total. The van der Waals surface area contributed by atoms with Crippen LogP contribution in [0, 0.1) is 0 Å². The number of alkyl halides is 1. The third-order valence-electron chi connectivity index (χ3n) is 3.72. The summed E-state index contributed by atoms with van der Waals surface area (Å²) in [4.78, 5) is 15.8. The smallest absolute Gasteiger partial charge is 0.245 e. The first-order valence-electron chi connectivity index (χ1n) is 6.80. The van der Waals surface area contributed by atoms with Crippen molar-refractivity contribution in [1.29, 1.82) is 0 Å². The molecule has 2 aromatic rings. The highest BCUT2D eigenvalue weighted by atomic mass is 35.5. The van der Waals surface area contributed by atoms with E-state index >= 15 is 0 Å². The minimum Gasteiger partial charge on any atom is -0.333 e. The molecule has 0 spiro atoms. The Balaban J connectivity index is 1.79. The minimum absolute atomic E-state index is 0.0220. The number of halogens is 1. The van der Waals surface area contributed by atoms with Gasteiger partial charge in [-0.15, -0.1) is 22.9 Å². The molecular formula is C16H16ClNOS. The largest absolute Gasteiger partial charge is 0.333 e. The number of thiophene rings is 1. The van der Waals surface area contributed by atoms with Crippen LogP contribution in [-0.4, -0.2) is 17.4 Å². The van der Waals surface area contributed by atoms with Crippen molar-refractivity contribution in [2.24, 2.45) is 0 Å². The molecule has 2 unspecified atom stereocenters. The zero-order valence-corrected chi connectivity index (χ0v) is 12.6. The third kappa shape index (κ3) is 2.60. The average Bonchev–Trinajstić information content (AvgIpc) is 3.16. The van der Waals surface area contributed by atoms with Gasteiger partial charge >= 0.3 is 0 Å². The molecule has 1 aromatic carbocycles. The molecule has 1 saturated heterocycles. The number of hydrogen-bond acceptors (Lipinski definition) is 2. The predicted molar refractivity (Wildman–Crippen MR) is 83.0 cm³/mol. The second-order valence-electron chi connectivity index (χ2n) is 4.98. The molecule has 0 bridgehead atoms. The number of hydrogen-bond donors (Lipinski definition) is 0. The summed E-state index contributed by atoms with van der Waals surface area (Å²) in [6, 6.07) is 13.9. The highest BCUT2D eigenvalue weighted by Gasteiger charge is 2.34. The number of nitrogens with zero attached hydrogens (tertiary/aromatic N) is 1. The Hall–Kier alpha value is -1.32. The van der Waals surface area contributed by atoms with Gasteiger partial charge in [0, 0.05) is 11.4 Å². The van der Waals surface area contributed by atoms with Crippen LogP contribution >= 0.6 is 22.9 Å². The number of carbonyl (C=O) groups excluding carboxylic acids is 1. The fourth-order valence-electron chi connectivity index (χ4n) is 2.72. The Labute approximate surface area is 128 Å². The van der Waals surface area contributed by atoms with Crippen molar-refractivity contribution in [1.82, 2.24) is 4.90 Å². The Kier molecular flexibility index (Phi) is 4.08. The molecule has 2 nitrogen and oxygen atoms in total. The first kappa shape index (κ1) is 13.7. The number of carbonyl (C=O) groups is 1. The quantitative estimate of drug-likeness (QED) is 0.770. The molecule has 20 heavy (non-hydrogen) atoms. The summed E-state index contributed by atoms with van der Waals surface area (Å²) >= 11 is 8.09. The van der Waals surface area contributed by atoms with E-state index in [2.05, 4.69) is 11.4 Å². The summed E-state index contributed by atoms with van der Waals surface area (Å²) in [6.45, 7) is 0.803. The molecule has 4 heteroatoms. The maximum Gasteiger partial charge on any atom is 0.245 e. The Morgan fingerprint density at radius 2 is 2.05 bits per heavy atom. The van der Waals surface area contributed by atoms with E-state index in [0.717, 1.165) is 24.9 Å². The molecule has 1 fully saturated rings. The van der Waals surface area contributed by atoms with Gasteiger partial charge in [-0.05, 0) is 29.9 Å². The number of rotatable bonds is 3. The van der Waals surface area contributed by atoms with Crippen LogP contribution in [0.15, 0.2) is 47.8 Å². The SMILES string of the molecule is O=C(C(Cl)c1ccccc1)N1CCCC1c1cccs1. The molecule has 1 aliphatic rings. The van der Waals surface area contributed by atoms with Gasteiger partial charge < -0.3 is 4.90 Å². The van der Waals surface area contributed by atoms with Crippen LogP contribution in [0.25, 0.3) is 0 Å². The van der Waals surface area contributed by atoms with Gasteiger partial charge in [-0.2, -0.15) is 0 Å². The molecule has 0 saturated carbocycles. The topological polar surface area (TPSA) is 20.3 Å². The summed E-state index contributed by atoms with van der Waals surface area (Å²) in [7, 11) is 0. The first-order valence-corrected chi connectivity index (χ1v) is 8.12. The molecule has 104 valence electrons. The first-order chi connectivity index (χ1) is 9.77. The summed E-state index contributed by atoms with van der Waals surface area (Å²) < 4.78 is 0. The van der Waals surface area contributed by atoms with Crippen LogP contribution in [-0.2, 0) is 4.79 Å². The third-order valence-corrected chi connectivity index (χ3v) is 5.13. The lowest BCUT2D eigenvalue weighted by atomic mass is 10.1. The minimum atomic E-state index is -0.586. The van der Waals surface area contributed by atoms with Gasteiger partial charge in [0.1, 0.15) is 5.38 Å². The van der Waals surface area contributed by atoms with E-state index in [1.807, 2.05) is 41.3 Å². The van der Waals surface area contributed by atoms with Crippen molar-refractivity contribution in [3.8, 4) is 0 Å². The zero-order valence-electron chi connectivity index (χ0n) is 11.0. The average molecular weight is 306 g/mol. The van der Waals surface area contributed by atoms with E-state index in [1.54, 1.807) is 11.3 Å². The van der Waals surface area contributed by atoms with Crippen molar-refractivity contribution >= 4 is 28.8 Å². The normalized spacial score (nSPS) is 20.1. The number of benzene rings is 1. The van der Waals surface area contributed by atoms with E-state index in [-0.39, 0.29) is 11.9 Å². The van der Waals surface area contributed by atoms with E-state index < -0.39 is 5.38 Å². The van der Waals surface area contributed by atoms with Gasteiger partial charge in [-0.25, -0.2) is 0 Å². The second kappa shape index (κ2) is 5.98. The highest BCUT2D eigenvalue weighted by Crippen LogP contribution is 2.37. The zero-order chi connectivity index (χ0) is 13.9. The number of likely N-dealkylation sites (tertiary alicyclic amines) is 1. The summed E-state index contributed by atoms with van der Waals surface area (Å²) in [5.74, 6) is 0.0220. The molecule has 2 heterocycles. The number of amides is 1. The van der Waals surface area contributed by atoms with Crippen LogP contribution in [0.5, 0.6) is 0 Å². The van der Waals surface area contributed by atoms with Gasteiger partial charge in [0.05, 0.1) is 6.04 Å². The van der Waals surface area contributed by atoms with Crippen LogP contribution in [0.4, 0.5) is 0 Å². The van der Waals surface area contributed by atoms with Crippen LogP contribution in [0.3, 0.4) is 0 Å². The monoisotopic (exact) mass is 305 g/mol. The van der Waals surface area contributed by atoms with Gasteiger partial charge in [-0.1, -0.05) is 36.4 Å². The van der Waals surface area contributed by atoms with Crippen molar-refractivity contribution in [2.75, 3.05) is 6.54 Å². The van der Waals surface area contributed by atoms with E-state index in [9.17, 15) is 4.79 Å². The van der Waals surface area contributed by atoms with Crippen LogP contribution < -0.4 is 0 Å². The second-order valence-corrected chi connectivity index (χ2v) is 6.39. The molecule has 1 aromatic heterocycles. The van der Waals surface area contributed by atoms with E-state index in [4.69, 9.17) is 11.6 Å². The lowest BCUT2D eigenvalue weighted by Crippen LogP contribution is -2.32. The maximum atomic E-state index is 12.6. The lowest BCUT2D eigenvalue weighted by molar-refractivity contribution is -0.131. The van der Waals surface area contributed by atoms with Crippen molar-refractivity contribution in [2.45, 2.75) is 24.3 Å². The molecule has 2 atom stereocenters. The lowest BCUT2D eigenvalue weighted by Gasteiger charge is -2.26. The fraction of sp³-hybridized carbons (Fsp3) is 0.312. The predicted octanol–water partition coefficient (Wildman–Crippen LogP) is 4.39. The van der Waals surface area contributed by atoms with E-state index in [1.165, 1.54) is 4.88 Å². The molecule has 1 aliphatic heterocycles. The summed E-state index contributed by atoms with van der Waals surface area (Å²) in [6.07, 6.45) is 2.08. The molecule has 1 amide bonds. The van der Waals surface area contributed by atoms with Gasteiger partial charge in [-0.3, -0.25) is 4.79 Å². The van der Waals surface area contributed by atoms with Crippen molar-refractivity contribution in [3.63, 3.8) is 0 Å². The van der Waals surface area contributed by atoms with Crippen molar-refractivity contribution < 1.29 is 4.79 Å². The Bertz CT molecular complexity index is 569. The summed E-state index contributed by atoms with van der Waals surface area (Å²) in [5.41, 5.74) is 0.871. The van der Waals surface area contributed by atoms with Gasteiger partial charge in [0.2, 0.25) is 5.91 Å². The maximum absolute atomic E-state index is 12.6. The van der Waals surface area contributed by atoms with Crippen LogP contribution in [0.1, 0.15) is 34.7 Å². The van der Waals surface area contributed by atoms with E-state index in [0.29, 0.717) is 0 Å². The van der Waals surface area contributed by atoms with Crippen molar-refractivity contribution in [3.05, 3.63) is 58.3 Å². The van der Waals surface area contributed by atoms with Gasteiger partial charge in [0.15, 0.2) is 0 Å². The molecule has 3 rings (SSSR count). The Morgan fingerprint density at radius 3 is 2.75 bits per heavy atom. The Morgan fingerprint density at radius 1 is 1.25 bits per heavy atom. The highest BCUT2D eigenvalue weighted by molar-refractivity contribution is 7.10. The standard InChI is InChI=1S/C16H16ClNOS/c17-15(12-6-2-1-3-7-12)16(19)18-10-4-8-13(18)14-9-5-11-20-14/h1-3,5-7,9,11,13,15H,4,8,10H2. The van der Waals surface area contributed by atoms with Crippen LogP contribution in [0.2, 0.25) is 0 Å². The summed E-state index contributed by atoms with van der Waals surface area (Å²) in [5, 5.41) is 1.47.